The van der Waals surface area contributed by atoms with Gasteiger partial charge in [0.2, 0.25) is 11.8 Å². The number of aryl methyl sites for hydroxylation is 2. The average Bonchev–Trinajstić information content (AvgIpc) is 2.99. The molecule has 2 amide bonds. The van der Waals surface area contributed by atoms with E-state index in [0.29, 0.717) is 6.54 Å². The smallest absolute Gasteiger partial charge is 0.229 e. The lowest BCUT2D eigenvalue weighted by Gasteiger charge is -2.17. The molecule has 1 unspecified atom stereocenters. The van der Waals surface area contributed by atoms with E-state index < -0.39 is 0 Å². The highest BCUT2D eigenvalue weighted by Gasteiger charge is 2.35. The Labute approximate surface area is 142 Å². The molecule has 0 aromatic heterocycles. The van der Waals surface area contributed by atoms with E-state index in [-0.39, 0.29) is 24.2 Å². The molecule has 2 aromatic carbocycles. The average molecular weight is 322 g/mol. The molecule has 3 rings (SSSR count). The summed E-state index contributed by atoms with van der Waals surface area (Å²) in [5.41, 5.74) is 3.98. The van der Waals surface area contributed by atoms with Crippen LogP contribution in [0.25, 0.3) is 0 Å². The zero-order chi connectivity index (χ0) is 17.1. The predicted molar refractivity (Wildman–Crippen MR) is 96.1 cm³/mol. The van der Waals surface area contributed by atoms with Gasteiger partial charge >= 0.3 is 0 Å². The van der Waals surface area contributed by atoms with Crippen LogP contribution in [-0.4, -0.2) is 18.4 Å². The van der Waals surface area contributed by atoms with Crippen LogP contribution in [0.5, 0.6) is 0 Å². The number of amides is 2. The number of hydrogen-bond donors (Lipinski definition) is 1. The number of benzene rings is 2. The van der Waals surface area contributed by atoms with Gasteiger partial charge in [0, 0.05) is 24.3 Å². The third kappa shape index (κ3) is 3.48. The predicted octanol–water partition coefficient (Wildman–Crippen LogP) is 3.55. The van der Waals surface area contributed by atoms with Gasteiger partial charge in [-0.1, -0.05) is 36.8 Å². The molecule has 1 fully saturated rings. The zero-order valence-corrected chi connectivity index (χ0v) is 14.1. The molecule has 0 bridgehead atoms. The second-order valence-corrected chi connectivity index (χ2v) is 6.28. The molecule has 4 heteroatoms. The molecule has 1 atom stereocenters. The zero-order valence-electron chi connectivity index (χ0n) is 14.1. The Morgan fingerprint density at radius 2 is 1.96 bits per heavy atom. The summed E-state index contributed by atoms with van der Waals surface area (Å²) in [6.07, 6.45) is 1.18. The molecule has 0 spiro atoms. The van der Waals surface area contributed by atoms with Gasteiger partial charge in [-0.3, -0.25) is 9.59 Å². The van der Waals surface area contributed by atoms with Gasteiger partial charge in [0.05, 0.1) is 5.92 Å². The first-order chi connectivity index (χ1) is 11.6. The summed E-state index contributed by atoms with van der Waals surface area (Å²) in [6, 6.07) is 15.6. The van der Waals surface area contributed by atoms with Crippen LogP contribution in [0.4, 0.5) is 11.4 Å². The van der Waals surface area contributed by atoms with Crippen molar-refractivity contribution < 1.29 is 9.59 Å². The minimum Gasteiger partial charge on any atom is -0.326 e. The molecule has 0 radical (unpaired) electrons. The highest BCUT2D eigenvalue weighted by Crippen LogP contribution is 2.27. The summed E-state index contributed by atoms with van der Waals surface area (Å²) >= 11 is 0. The number of rotatable bonds is 4. The number of carbonyl (C=O) groups is 2. The van der Waals surface area contributed by atoms with Crippen LogP contribution in [0.2, 0.25) is 0 Å². The largest absolute Gasteiger partial charge is 0.326 e. The van der Waals surface area contributed by atoms with E-state index in [1.165, 1.54) is 5.56 Å². The molecule has 4 nitrogen and oxygen atoms in total. The Hall–Kier alpha value is -2.62. The summed E-state index contributed by atoms with van der Waals surface area (Å²) in [4.78, 5) is 26.5. The van der Waals surface area contributed by atoms with Gasteiger partial charge in [-0.05, 0) is 43.2 Å². The standard InChI is InChI=1S/C20H22N2O2/c1-3-15-5-4-6-18(11-15)22-13-16(12-19(22)23)20(24)21-17-9-7-14(2)8-10-17/h4-11,16H,3,12-13H2,1-2H3,(H,21,24). The van der Waals surface area contributed by atoms with Crippen LogP contribution in [0, 0.1) is 12.8 Å². The molecule has 1 aliphatic heterocycles. The lowest BCUT2D eigenvalue weighted by atomic mass is 10.1. The number of nitrogens with one attached hydrogen (secondary N) is 1. The fraction of sp³-hybridized carbons (Fsp3) is 0.300. The summed E-state index contributed by atoms with van der Waals surface area (Å²) in [7, 11) is 0. The van der Waals surface area contributed by atoms with Gasteiger partial charge in [0.25, 0.3) is 0 Å². The minimum absolute atomic E-state index is 0.00677. The maximum Gasteiger partial charge on any atom is 0.229 e. The van der Waals surface area contributed by atoms with E-state index in [4.69, 9.17) is 0 Å². The van der Waals surface area contributed by atoms with Crippen molar-refractivity contribution in [3.63, 3.8) is 0 Å². The lowest BCUT2D eigenvalue weighted by molar-refractivity contribution is -0.122. The Kier molecular flexibility index (Phi) is 4.65. The monoisotopic (exact) mass is 322 g/mol. The van der Waals surface area contributed by atoms with Crippen LogP contribution in [0.15, 0.2) is 48.5 Å². The van der Waals surface area contributed by atoms with Gasteiger partial charge in [0.1, 0.15) is 0 Å². The van der Waals surface area contributed by atoms with E-state index in [1.54, 1.807) is 4.90 Å². The van der Waals surface area contributed by atoms with Crippen molar-refractivity contribution in [1.29, 1.82) is 0 Å². The van der Waals surface area contributed by atoms with Crippen LogP contribution >= 0.6 is 0 Å². The Bertz CT molecular complexity index is 752. The summed E-state index contributed by atoms with van der Waals surface area (Å²) in [6.45, 7) is 4.52. The molecule has 0 aliphatic carbocycles. The molecular weight excluding hydrogens is 300 g/mol. The van der Waals surface area contributed by atoms with E-state index in [2.05, 4.69) is 12.2 Å². The second-order valence-electron chi connectivity index (χ2n) is 6.28. The fourth-order valence-corrected chi connectivity index (χ4v) is 2.96. The molecule has 1 N–H and O–H groups in total. The van der Waals surface area contributed by atoms with Crippen LogP contribution in [-0.2, 0) is 16.0 Å². The van der Waals surface area contributed by atoms with E-state index >= 15 is 0 Å². The van der Waals surface area contributed by atoms with Gasteiger partial charge in [0.15, 0.2) is 0 Å². The van der Waals surface area contributed by atoms with Crippen LogP contribution in [0.3, 0.4) is 0 Å². The fourth-order valence-electron chi connectivity index (χ4n) is 2.96. The summed E-state index contributed by atoms with van der Waals surface area (Å²) in [5.74, 6) is -0.405. The van der Waals surface area contributed by atoms with E-state index in [9.17, 15) is 9.59 Å². The van der Waals surface area contributed by atoms with Crippen LogP contribution in [0.1, 0.15) is 24.5 Å². The number of hydrogen-bond acceptors (Lipinski definition) is 2. The molecule has 0 saturated carbocycles. The summed E-state index contributed by atoms with van der Waals surface area (Å²) < 4.78 is 0. The van der Waals surface area contributed by atoms with Crippen molar-refractivity contribution in [3.05, 3.63) is 59.7 Å². The maximum atomic E-state index is 12.5. The van der Waals surface area contributed by atoms with E-state index in [0.717, 1.165) is 23.4 Å². The molecular formula is C20H22N2O2. The summed E-state index contributed by atoms with van der Waals surface area (Å²) in [5, 5.41) is 2.91. The SMILES string of the molecule is CCc1cccc(N2CC(C(=O)Nc3ccc(C)cc3)CC2=O)c1. The Morgan fingerprint density at radius 3 is 2.67 bits per heavy atom. The number of nitrogens with zero attached hydrogens (tertiary/aromatic N) is 1. The van der Waals surface area contributed by atoms with Crippen molar-refractivity contribution in [3.8, 4) is 0 Å². The third-order valence-corrected chi connectivity index (χ3v) is 4.45. The molecule has 2 aromatic rings. The molecule has 124 valence electrons. The molecule has 1 saturated heterocycles. The van der Waals surface area contributed by atoms with Gasteiger partial charge in [-0.2, -0.15) is 0 Å². The van der Waals surface area contributed by atoms with Crippen molar-refractivity contribution in [1.82, 2.24) is 0 Å². The van der Waals surface area contributed by atoms with Crippen molar-refractivity contribution in [2.75, 3.05) is 16.8 Å². The van der Waals surface area contributed by atoms with Gasteiger partial charge in [-0.25, -0.2) is 0 Å². The van der Waals surface area contributed by atoms with Crippen molar-refractivity contribution in [2.45, 2.75) is 26.7 Å². The number of carbonyl (C=O) groups excluding carboxylic acids is 2. The second kappa shape index (κ2) is 6.87. The van der Waals surface area contributed by atoms with Crippen molar-refractivity contribution >= 4 is 23.2 Å². The van der Waals surface area contributed by atoms with Crippen molar-refractivity contribution in [2.24, 2.45) is 5.92 Å². The minimum atomic E-state index is -0.316. The van der Waals surface area contributed by atoms with Crippen LogP contribution < -0.4 is 10.2 Å². The highest BCUT2D eigenvalue weighted by molar-refractivity contribution is 6.03. The Balaban J connectivity index is 1.69. The third-order valence-electron chi connectivity index (χ3n) is 4.45. The first-order valence-corrected chi connectivity index (χ1v) is 8.33. The first kappa shape index (κ1) is 16.2. The molecule has 1 aliphatic rings. The quantitative estimate of drug-likeness (QED) is 0.936. The lowest BCUT2D eigenvalue weighted by Crippen LogP contribution is -2.28. The van der Waals surface area contributed by atoms with E-state index in [1.807, 2.05) is 55.5 Å². The molecule has 1 heterocycles. The maximum absolute atomic E-state index is 12.5. The Morgan fingerprint density at radius 1 is 1.21 bits per heavy atom. The van der Waals surface area contributed by atoms with Gasteiger partial charge < -0.3 is 10.2 Å². The van der Waals surface area contributed by atoms with Gasteiger partial charge in [-0.15, -0.1) is 0 Å². The topological polar surface area (TPSA) is 49.4 Å². The number of anilines is 2. The molecule has 24 heavy (non-hydrogen) atoms. The first-order valence-electron chi connectivity index (χ1n) is 8.33. The normalized spacial score (nSPS) is 17.2. The highest BCUT2D eigenvalue weighted by atomic mass is 16.2.